The summed E-state index contributed by atoms with van der Waals surface area (Å²) < 4.78 is 20.2. The van der Waals surface area contributed by atoms with Crippen LogP contribution in [0.3, 0.4) is 0 Å². The van der Waals surface area contributed by atoms with Gasteiger partial charge in [-0.3, -0.25) is 14.4 Å². The minimum Gasteiger partial charge on any atom is -0.456 e. The number of rotatable bonds is 3. The van der Waals surface area contributed by atoms with E-state index in [-0.39, 0.29) is 0 Å². The number of esters is 3. The molecule has 0 spiro atoms. The van der Waals surface area contributed by atoms with Crippen LogP contribution in [0.4, 0.5) is 0 Å². The van der Waals surface area contributed by atoms with E-state index in [1.807, 2.05) is 0 Å². The second-order valence-electron chi connectivity index (χ2n) is 3.97. The van der Waals surface area contributed by atoms with Crippen LogP contribution >= 0.6 is 0 Å². The first kappa shape index (κ1) is 14.4. The zero-order chi connectivity index (χ0) is 13.9. The largest absolute Gasteiger partial charge is 0.456 e. The van der Waals surface area contributed by atoms with Gasteiger partial charge in [-0.25, -0.2) is 0 Å². The lowest BCUT2D eigenvalue weighted by molar-refractivity contribution is -0.194. The van der Waals surface area contributed by atoms with Gasteiger partial charge in [-0.15, -0.1) is 0 Å². The number of carbonyl (C=O) groups excluding carboxylic acids is 3. The third kappa shape index (κ3) is 3.69. The van der Waals surface area contributed by atoms with Gasteiger partial charge in [-0.05, 0) is 6.92 Å². The predicted molar refractivity (Wildman–Crippen MR) is 57.2 cm³/mol. The van der Waals surface area contributed by atoms with Crippen LogP contribution in [0, 0.1) is 0 Å². The molecule has 1 heterocycles. The van der Waals surface area contributed by atoms with E-state index in [0.29, 0.717) is 0 Å². The molecule has 7 nitrogen and oxygen atoms in total. The topological polar surface area (TPSA) is 88.1 Å². The summed E-state index contributed by atoms with van der Waals surface area (Å²) in [4.78, 5) is 32.9. The minimum absolute atomic E-state index is 0.531. The Kier molecular flexibility index (Phi) is 4.66. The van der Waals surface area contributed by atoms with Crippen LogP contribution in [0.5, 0.6) is 0 Å². The Bertz CT molecular complexity index is 351. The molecule has 4 atom stereocenters. The zero-order valence-electron chi connectivity index (χ0n) is 10.7. The van der Waals surface area contributed by atoms with Crippen LogP contribution in [-0.2, 0) is 33.3 Å². The lowest BCUT2D eigenvalue weighted by atomic mass is 10.1. The Labute approximate surface area is 104 Å². The van der Waals surface area contributed by atoms with Crippen LogP contribution < -0.4 is 0 Å². The molecule has 0 aromatic rings. The first-order valence-corrected chi connectivity index (χ1v) is 5.48. The first-order valence-electron chi connectivity index (χ1n) is 5.48. The molecule has 0 bridgehead atoms. The van der Waals surface area contributed by atoms with Gasteiger partial charge in [-0.2, -0.15) is 0 Å². The minimum atomic E-state index is -1.06. The Balaban J connectivity index is 2.83. The van der Waals surface area contributed by atoms with Crippen LogP contribution in [0.25, 0.3) is 0 Å². The lowest BCUT2D eigenvalue weighted by Gasteiger charge is -2.22. The molecule has 1 saturated heterocycles. The summed E-state index contributed by atoms with van der Waals surface area (Å²) >= 11 is 0. The number of hydrogen-bond donors (Lipinski definition) is 0. The van der Waals surface area contributed by atoms with Gasteiger partial charge >= 0.3 is 17.9 Å². The van der Waals surface area contributed by atoms with E-state index >= 15 is 0 Å². The number of carbonyl (C=O) groups is 3. The summed E-state index contributed by atoms with van der Waals surface area (Å²) in [6, 6.07) is 0. The van der Waals surface area contributed by atoms with E-state index in [4.69, 9.17) is 18.9 Å². The summed E-state index contributed by atoms with van der Waals surface area (Å²) in [5.74, 6) is -1.68. The third-order valence-electron chi connectivity index (χ3n) is 2.29. The van der Waals surface area contributed by atoms with Crippen molar-refractivity contribution < 1.29 is 33.3 Å². The van der Waals surface area contributed by atoms with Gasteiger partial charge < -0.3 is 18.9 Å². The van der Waals surface area contributed by atoms with E-state index in [0.717, 1.165) is 0 Å². The average molecular weight is 260 g/mol. The fraction of sp³-hybridized carbons (Fsp3) is 0.727. The molecular formula is C11H16O7. The molecule has 1 aliphatic rings. The molecule has 7 heteroatoms. The van der Waals surface area contributed by atoms with Crippen molar-refractivity contribution in [2.75, 3.05) is 0 Å². The summed E-state index contributed by atoms with van der Waals surface area (Å²) in [5.41, 5.74) is 0. The maximum absolute atomic E-state index is 11.0. The predicted octanol–water partition coefficient (Wildman–Crippen LogP) is 0.158. The highest BCUT2D eigenvalue weighted by Gasteiger charge is 2.49. The third-order valence-corrected chi connectivity index (χ3v) is 2.29. The van der Waals surface area contributed by atoms with Crippen LogP contribution in [-0.4, -0.2) is 42.5 Å². The Morgan fingerprint density at radius 1 is 0.833 bits per heavy atom. The highest BCUT2D eigenvalue weighted by molar-refractivity contribution is 5.68. The van der Waals surface area contributed by atoms with Crippen molar-refractivity contribution in [2.24, 2.45) is 0 Å². The van der Waals surface area contributed by atoms with E-state index in [1.165, 1.54) is 20.8 Å². The van der Waals surface area contributed by atoms with Crippen molar-refractivity contribution in [3.8, 4) is 0 Å². The average Bonchev–Trinajstić information content (AvgIpc) is 2.43. The quantitative estimate of drug-likeness (QED) is 0.527. The molecule has 18 heavy (non-hydrogen) atoms. The molecule has 0 saturated carbocycles. The molecule has 0 aromatic heterocycles. The summed E-state index contributed by atoms with van der Waals surface area (Å²) in [6.07, 6.45) is -3.35. The molecule has 1 aliphatic heterocycles. The van der Waals surface area contributed by atoms with E-state index in [9.17, 15) is 14.4 Å². The smallest absolute Gasteiger partial charge is 0.305 e. The SMILES string of the molecule is CC(=O)O[C@@H]1O[C@H](C)[C@@H](OC(C)=O)[C@@H]1OC(C)=O. The Morgan fingerprint density at radius 2 is 1.28 bits per heavy atom. The Hall–Kier alpha value is -1.63. The highest BCUT2D eigenvalue weighted by atomic mass is 16.7. The summed E-state index contributed by atoms with van der Waals surface area (Å²) in [7, 11) is 0. The monoisotopic (exact) mass is 260 g/mol. The van der Waals surface area contributed by atoms with E-state index < -0.39 is 42.5 Å². The van der Waals surface area contributed by atoms with Crippen molar-refractivity contribution in [3.05, 3.63) is 0 Å². The Morgan fingerprint density at radius 3 is 1.72 bits per heavy atom. The molecule has 0 N–H and O–H groups in total. The van der Waals surface area contributed by atoms with Crippen molar-refractivity contribution in [3.63, 3.8) is 0 Å². The molecule has 0 radical (unpaired) electrons. The molecule has 0 unspecified atom stereocenters. The van der Waals surface area contributed by atoms with Crippen molar-refractivity contribution in [1.82, 2.24) is 0 Å². The number of hydrogen-bond acceptors (Lipinski definition) is 7. The molecule has 0 amide bonds. The van der Waals surface area contributed by atoms with Gasteiger partial charge in [0.25, 0.3) is 0 Å². The van der Waals surface area contributed by atoms with E-state index in [2.05, 4.69) is 0 Å². The van der Waals surface area contributed by atoms with Gasteiger partial charge in [0.15, 0.2) is 6.10 Å². The normalized spacial score (nSPS) is 30.7. The van der Waals surface area contributed by atoms with Gasteiger partial charge in [0.05, 0.1) is 6.10 Å². The summed E-state index contributed by atoms with van der Waals surface area (Å²) in [6.45, 7) is 5.28. The van der Waals surface area contributed by atoms with Gasteiger partial charge in [0, 0.05) is 20.8 Å². The molecular weight excluding hydrogens is 244 g/mol. The summed E-state index contributed by atoms with van der Waals surface area (Å²) in [5, 5.41) is 0. The standard InChI is InChI=1S/C11H16O7/c1-5-9(16-6(2)12)10(17-7(3)13)11(15-5)18-8(4)14/h5,9-11H,1-4H3/t5-,9-,10+,11+/m1/s1. The van der Waals surface area contributed by atoms with Gasteiger partial charge in [0.2, 0.25) is 12.4 Å². The first-order chi connectivity index (χ1) is 8.31. The van der Waals surface area contributed by atoms with Gasteiger partial charge in [-0.1, -0.05) is 0 Å². The van der Waals surface area contributed by atoms with Crippen molar-refractivity contribution in [1.29, 1.82) is 0 Å². The number of ether oxygens (including phenoxy) is 4. The van der Waals surface area contributed by atoms with Crippen LogP contribution in [0.1, 0.15) is 27.7 Å². The fourth-order valence-corrected chi connectivity index (χ4v) is 1.72. The van der Waals surface area contributed by atoms with Crippen LogP contribution in [0.2, 0.25) is 0 Å². The van der Waals surface area contributed by atoms with Crippen molar-refractivity contribution >= 4 is 17.9 Å². The van der Waals surface area contributed by atoms with Gasteiger partial charge in [0.1, 0.15) is 0 Å². The second-order valence-corrected chi connectivity index (χ2v) is 3.97. The lowest BCUT2D eigenvalue weighted by Crippen LogP contribution is -2.40. The zero-order valence-corrected chi connectivity index (χ0v) is 10.7. The maximum Gasteiger partial charge on any atom is 0.305 e. The molecule has 1 fully saturated rings. The fourth-order valence-electron chi connectivity index (χ4n) is 1.72. The van der Waals surface area contributed by atoms with E-state index in [1.54, 1.807) is 6.92 Å². The highest BCUT2D eigenvalue weighted by Crippen LogP contribution is 2.27. The molecule has 0 aromatic carbocycles. The molecule has 1 rings (SSSR count). The van der Waals surface area contributed by atoms with Crippen LogP contribution in [0.15, 0.2) is 0 Å². The molecule has 0 aliphatic carbocycles. The molecule has 102 valence electrons. The maximum atomic E-state index is 11.0. The second kappa shape index (κ2) is 5.81. The van der Waals surface area contributed by atoms with Crippen molar-refractivity contribution in [2.45, 2.75) is 52.3 Å².